The molecule has 2 aromatic heterocycles. The maximum atomic E-state index is 12.3. The highest BCUT2D eigenvalue weighted by Crippen LogP contribution is 2.23. The normalized spacial score (nSPS) is 10.6. The van der Waals surface area contributed by atoms with Gasteiger partial charge in [0.05, 0.1) is 22.7 Å². The Labute approximate surface area is 114 Å². The SMILES string of the molecule is COCCn1c(-c2cccs2)ccc(C(=N)N)c1=O. The Morgan fingerprint density at radius 1 is 1.47 bits per heavy atom. The van der Waals surface area contributed by atoms with E-state index in [0.717, 1.165) is 10.6 Å². The summed E-state index contributed by atoms with van der Waals surface area (Å²) >= 11 is 1.56. The summed E-state index contributed by atoms with van der Waals surface area (Å²) in [5.41, 5.74) is 6.21. The molecule has 0 radical (unpaired) electrons. The lowest BCUT2D eigenvalue weighted by Crippen LogP contribution is -2.31. The summed E-state index contributed by atoms with van der Waals surface area (Å²) < 4.78 is 6.64. The summed E-state index contributed by atoms with van der Waals surface area (Å²) in [6.07, 6.45) is 0. The maximum Gasteiger partial charge on any atom is 0.262 e. The summed E-state index contributed by atoms with van der Waals surface area (Å²) in [4.78, 5) is 13.3. The molecule has 0 fully saturated rings. The number of aromatic nitrogens is 1. The fourth-order valence-corrected chi connectivity index (χ4v) is 2.59. The van der Waals surface area contributed by atoms with E-state index in [1.165, 1.54) is 0 Å². The molecule has 6 heteroatoms. The predicted molar refractivity (Wildman–Crippen MR) is 76.9 cm³/mol. The van der Waals surface area contributed by atoms with E-state index in [0.29, 0.717) is 13.2 Å². The lowest BCUT2D eigenvalue weighted by molar-refractivity contribution is 0.186. The van der Waals surface area contributed by atoms with Crippen molar-refractivity contribution in [3.8, 4) is 10.6 Å². The van der Waals surface area contributed by atoms with Crippen molar-refractivity contribution in [2.75, 3.05) is 13.7 Å². The first-order chi connectivity index (χ1) is 9.15. The van der Waals surface area contributed by atoms with Gasteiger partial charge in [0.25, 0.3) is 5.56 Å². The molecule has 0 amide bonds. The highest BCUT2D eigenvalue weighted by Gasteiger charge is 2.12. The van der Waals surface area contributed by atoms with Gasteiger partial charge in [0.15, 0.2) is 0 Å². The van der Waals surface area contributed by atoms with Gasteiger partial charge in [0.2, 0.25) is 0 Å². The van der Waals surface area contributed by atoms with Crippen molar-refractivity contribution < 1.29 is 4.74 Å². The Balaban J connectivity index is 2.58. The second-order valence-electron chi connectivity index (χ2n) is 3.97. The summed E-state index contributed by atoms with van der Waals surface area (Å²) in [7, 11) is 1.59. The molecule has 0 aliphatic rings. The first-order valence-corrected chi connectivity index (χ1v) is 6.64. The maximum absolute atomic E-state index is 12.3. The minimum atomic E-state index is -0.254. The standard InChI is InChI=1S/C13H15N3O2S/c1-18-7-6-16-10(11-3-2-8-19-11)5-4-9(12(14)15)13(16)17/h2-5,8H,6-7H2,1H3,(H3,14,15). The van der Waals surface area contributed by atoms with Gasteiger partial charge in [-0.3, -0.25) is 10.2 Å². The van der Waals surface area contributed by atoms with Crippen LogP contribution in [-0.2, 0) is 11.3 Å². The Morgan fingerprint density at radius 3 is 2.84 bits per heavy atom. The summed E-state index contributed by atoms with van der Waals surface area (Å²) in [5, 5.41) is 9.39. The number of rotatable bonds is 5. The van der Waals surface area contributed by atoms with Crippen LogP contribution in [0.1, 0.15) is 5.56 Å². The molecule has 19 heavy (non-hydrogen) atoms. The van der Waals surface area contributed by atoms with Gasteiger partial charge in [0.1, 0.15) is 5.84 Å². The van der Waals surface area contributed by atoms with Crippen molar-refractivity contribution in [3.05, 3.63) is 45.6 Å². The largest absolute Gasteiger partial charge is 0.384 e. The van der Waals surface area contributed by atoms with Gasteiger partial charge >= 0.3 is 0 Å². The minimum absolute atomic E-state index is 0.214. The summed E-state index contributed by atoms with van der Waals surface area (Å²) in [6.45, 7) is 0.864. The van der Waals surface area contributed by atoms with Crippen LogP contribution >= 0.6 is 11.3 Å². The molecule has 0 bridgehead atoms. The molecule has 0 aromatic carbocycles. The molecular formula is C13H15N3O2S. The van der Waals surface area contributed by atoms with E-state index in [9.17, 15) is 4.79 Å². The number of pyridine rings is 1. The molecule has 5 nitrogen and oxygen atoms in total. The highest BCUT2D eigenvalue weighted by atomic mass is 32.1. The van der Waals surface area contributed by atoms with E-state index in [-0.39, 0.29) is 17.0 Å². The van der Waals surface area contributed by atoms with Crippen LogP contribution in [0.2, 0.25) is 0 Å². The smallest absolute Gasteiger partial charge is 0.262 e. The fourth-order valence-electron chi connectivity index (χ4n) is 1.83. The number of methoxy groups -OCH3 is 1. The first kappa shape index (κ1) is 13.5. The second kappa shape index (κ2) is 5.81. The number of amidine groups is 1. The average Bonchev–Trinajstić information content (AvgIpc) is 2.90. The van der Waals surface area contributed by atoms with Crippen LogP contribution in [-0.4, -0.2) is 24.1 Å². The van der Waals surface area contributed by atoms with Crippen LogP contribution < -0.4 is 11.3 Å². The molecule has 3 N–H and O–H groups in total. The van der Waals surface area contributed by atoms with Crippen molar-refractivity contribution in [2.45, 2.75) is 6.54 Å². The van der Waals surface area contributed by atoms with Crippen molar-refractivity contribution in [3.63, 3.8) is 0 Å². The van der Waals surface area contributed by atoms with Crippen LogP contribution in [0, 0.1) is 5.41 Å². The molecule has 0 saturated heterocycles. The van der Waals surface area contributed by atoms with Crippen LogP contribution in [0.25, 0.3) is 10.6 Å². The lowest BCUT2D eigenvalue weighted by atomic mass is 10.2. The molecule has 100 valence electrons. The lowest BCUT2D eigenvalue weighted by Gasteiger charge is -2.12. The summed E-state index contributed by atoms with van der Waals surface area (Å²) in [5.74, 6) is -0.214. The third kappa shape index (κ3) is 2.74. The molecule has 2 aromatic rings. The monoisotopic (exact) mass is 277 g/mol. The number of hydrogen-bond acceptors (Lipinski definition) is 4. The van der Waals surface area contributed by atoms with Gasteiger partial charge < -0.3 is 15.0 Å². The number of nitrogens with zero attached hydrogens (tertiary/aromatic N) is 1. The van der Waals surface area contributed by atoms with Gasteiger partial charge in [-0.25, -0.2) is 0 Å². The van der Waals surface area contributed by atoms with Crippen LogP contribution in [0.5, 0.6) is 0 Å². The zero-order valence-corrected chi connectivity index (χ0v) is 11.4. The van der Waals surface area contributed by atoms with Crippen molar-refractivity contribution in [2.24, 2.45) is 5.73 Å². The van der Waals surface area contributed by atoms with Gasteiger partial charge in [-0.1, -0.05) is 6.07 Å². The molecule has 0 aliphatic heterocycles. The topological polar surface area (TPSA) is 81.1 Å². The molecule has 0 unspecified atom stereocenters. The van der Waals surface area contributed by atoms with Crippen molar-refractivity contribution in [1.29, 1.82) is 5.41 Å². The summed E-state index contributed by atoms with van der Waals surface area (Å²) in [6, 6.07) is 7.31. The van der Waals surface area contributed by atoms with E-state index < -0.39 is 0 Å². The number of ether oxygens (including phenoxy) is 1. The fraction of sp³-hybridized carbons (Fsp3) is 0.231. The zero-order valence-electron chi connectivity index (χ0n) is 10.6. The van der Waals surface area contributed by atoms with E-state index in [2.05, 4.69) is 0 Å². The van der Waals surface area contributed by atoms with Gasteiger partial charge in [-0.15, -0.1) is 11.3 Å². The molecule has 2 rings (SSSR count). The molecule has 2 heterocycles. The van der Waals surface area contributed by atoms with Gasteiger partial charge in [0, 0.05) is 13.7 Å². The van der Waals surface area contributed by atoms with E-state index in [1.54, 1.807) is 29.1 Å². The Bertz CT molecular complexity index is 632. The second-order valence-corrected chi connectivity index (χ2v) is 4.92. The van der Waals surface area contributed by atoms with Crippen LogP contribution in [0.15, 0.2) is 34.4 Å². The molecule has 0 atom stereocenters. The van der Waals surface area contributed by atoms with E-state index >= 15 is 0 Å². The van der Waals surface area contributed by atoms with E-state index in [4.69, 9.17) is 15.9 Å². The Morgan fingerprint density at radius 2 is 2.26 bits per heavy atom. The van der Waals surface area contributed by atoms with Gasteiger partial charge in [-0.05, 0) is 23.6 Å². The quantitative estimate of drug-likeness (QED) is 0.642. The first-order valence-electron chi connectivity index (χ1n) is 5.76. The van der Waals surface area contributed by atoms with E-state index in [1.807, 2.05) is 23.6 Å². The third-order valence-electron chi connectivity index (χ3n) is 2.76. The number of nitrogens with two attached hydrogens (primary N) is 1. The predicted octanol–water partition coefficient (Wildman–Crippen LogP) is 1.51. The van der Waals surface area contributed by atoms with Crippen molar-refractivity contribution >= 4 is 17.2 Å². The zero-order chi connectivity index (χ0) is 13.8. The third-order valence-corrected chi connectivity index (χ3v) is 3.65. The number of thiophene rings is 1. The molecule has 0 spiro atoms. The number of nitrogen functional groups attached to an aromatic ring is 1. The average molecular weight is 277 g/mol. The van der Waals surface area contributed by atoms with Gasteiger partial charge in [-0.2, -0.15) is 0 Å². The van der Waals surface area contributed by atoms with Crippen LogP contribution in [0.4, 0.5) is 0 Å². The highest BCUT2D eigenvalue weighted by molar-refractivity contribution is 7.13. The molecule has 0 aliphatic carbocycles. The number of nitrogens with one attached hydrogen (secondary N) is 1. The number of hydrogen-bond donors (Lipinski definition) is 2. The van der Waals surface area contributed by atoms with Crippen LogP contribution in [0.3, 0.4) is 0 Å². The molecule has 0 saturated carbocycles. The Kier molecular flexibility index (Phi) is 4.13. The Hall–Kier alpha value is -1.92. The minimum Gasteiger partial charge on any atom is -0.384 e. The molecular weight excluding hydrogens is 262 g/mol. The van der Waals surface area contributed by atoms with Crippen molar-refractivity contribution in [1.82, 2.24) is 4.57 Å².